The van der Waals surface area contributed by atoms with Gasteiger partial charge in [-0.15, -0.1) is 11.3 Å². The summed E-state index contributed by atoms with van der Waals surface area (Å²) in [5.41, 5.74) is 4.23. The number of benzene rings is 1. The Morgan fingerprint density at radius 1 is 1.18 bits per heavy atom. The first-order valence-corrected chi connectivity index (χ1v) is 15.0. The van der Waals surface area contributed by atoms with Crippen LogP contribution in [0, 0.1) is 12.3 Å². The molecule has 1 aliphatic heterocycles. The lowest BCUT2D eigenvalue weighted by atomic mass is 9.85. The molecule has 40 heavy (non-hydrogen) atoms. The summed E-state index contributed by atoms with van der Waals surface area (Å²) in [5.74, 6) is -0.882. The number of carbonyl (C=O) groups excluding carboxylic acids is 3. The topological polar surface area (TPSA) is 121 Å². The lowest BCUT2D eigenvalue weighted by Gasteiger charge is -2.35. The fourth-order valence-electron chi connectivity index (χ4n) is 4.75. The Morgan fingerprint density at radius 2 is 1.90 bits per heavy atom. The molecular formula is C30H44N4O5S. The fourth-order valence-corrected chi connectivity index (χ4v) is 5.56. The lowest BCUT2D eigenvalue weighted by Crippen LogP contribution is -2.57. The first-order chi connectivity index (χ1) is 19.0. The van der Waals surface area contributed by atoms with E-state index in [1.54, 1.807) is 11.3 Å². The standard InChI is InChI=1S/C30H44N4O5S/c1-6-14-39-15-8-7-9-25(36)33-27(30(3,4)5)29(38)34-18-23(35)16-24(34)28(37)31-17-21-10-12-22(13-11-21)26-20(2)32-19-40-26/h10-13,19,23-24,27,35H,6-9,14-18H2,1-5H3,(H,31,37)(H,33,36)/t23-,24+,27-/m1/s1. The van der Waals surface area contributed by atoms with Gasteiger partial charge in [-0.05, 0) is 42.7 Å². The zero-order valence-electron chi connectivity index (χ0n) is 24.4. The second kappa shape index (κ2) is 14.7. The molecule has 3 rings (SSSR count). The van der Waals surface area contributed by atoms with Crippen LogP contribution in [-0.4, -0.2) is 70.7 Å². The summed E-state index contributed by atoms with van der Waals surface area (Å²) in [4.78, 5) is 46.4. The minimum atomic E-state index is -0.820. The zero-order valence-corrected chi connectivity index (χ0v) is 25.2. The number of hydrogen-bond acceptors (Lipinski definition) is 7. The Morgan fingerprint density at radius 3 is 2.52 bits per heavy atom. The number of aromatic nitrogens is 1. The predicted molar refractivity (Wildman–Crippen MR) is 157 cm³/mol. The molecule has 1 saturated heterocycles. The number of carbonyl (C=O) groups is 3. The molecule has 0 unspecified atom stereocenters. The van der Waals surface area contributed by atoms with Gasteiger partial charge in [0.1, 0.15) is 12.1 Å². The van der Waals surface area contributed by atoms with E-state index in [4.69, 9.17) is 4.74 Å². The SMILES string of the molecule is CCCOCCCCC(=O)N[C@H](C(=O)N1C[C@H](O)C[C@H]1C(=O)NCc1ccc(-c2scnc2C)cc1)C(C)(C)C. The Bertz CT molecular complexity index is 1130. The average molecular weight is 573 g/mol. The van der Waals surface area contributed by atoms with Crippen LogP contribution in [0.4, 0.5) is 0 Å². The van der Waals surface area contributed by atoms with E-state index < -0.39 is 23.6 Å². The van der Waals surface area contributed by atoms with Gasteiger partial charge in [0.15, 0.2) is 0 Å². The quantitative estimate of drug-likeness (QED) is 0.314. The molecule has 1 aromatic heterocycles. The van der Waals surface area contributed by atoms with Crippen molar-refractivity contribution in [3.63, 3.8) is 0 Å². The molecule has 9 nitrogen and oxygen atoms in total. The molecule has 220 valence electrons. The maximum atomic E-state index is 13.7. The van der Waals surface area contributed by atoms with E-state index in [-0.39, 0.29) is 30.7 Å². The second-order valence-corrected chi connectivity index (χ2v) is 12.4. The van der Waals surface area contributed by atoms with Gasteiger partial charge >= 0.3 is 0 Å². The van der Waals surface area contributed by atoms with Crippen LogP contribution in [0.2, 0.25) is 0 Å². The third kappa shape index (κ3) is 8.84. The number of aliphatic hydroxyl groups excluding tert-OH is 1. The number of amides is 3. The molecule has 3 atom stereocenters. The first-order valence-electron chi connectivity index (χ1n) is 14.1. The van der Waals surface area contributed by atoms with E-state index in [0.717, 1.165) is 34.5 Å². The molecule has 2 heterocycles. The summed E-state index contributed by atoms with van der Waals surface area (Å²) >= 11 is 1.59. The normalized spacial score (nSPS) is 18.0. The number of thiazole rings is 1. The summed E-state index contributed by atoms with van der Waals surface area (Å²) < 4.78 is 5.47. The zero-order chi connectivity index (χ0) is 29.3. The van der Waals surface area contributed by atoms with Crippen LogP contribution in [0.25, 0.3) is 10.4 Å². The maximum Gasteiger partial charge on any atom is 0.246 e. The van der Waals surface area contributed by atoms with Crippen molar-refractivity contribution in [3.8, 4) is 10.4 Å². The van der Waals surface area contributed by atoms with Crippen LogP contribution < -0.4 is 10.6 Å². The Hall–Kier alpha value is -2.82. The third-order valence-corrected chi connectivity index (χ3v) is 7.98. The molecule has 3 amide bonds. The van der Waals surface area contributed by atoms with Gasteiger partial charge in [0.05, 0.1) is 22.2 Å². The van der Waals surface area contributed by atoms with Crippen molar-refractivity contribution in [2.45, 2.75) is 91.5 Å². The van der Waals surface area contributed by atoms with Crippen LogP contribution in [0.1, 0.15) is 71.1 Å². The number of aryl methyl sites for hydroxylation is 1. The van der Waals surface area contributed by atoms with Crippen LogP contribution in [0.15, 0.2) is 29.8 Å². The van der Waals surface area contributed by atoms with Crippen molar-refractivity contribution in [2.24, 2.45) is 5.41 Å². The molecule has 0 aliphatic carbocycles. The van der Waals surface area contributed by atoms with E-state index in [2.05, 4.69) is 22.5 Å². The number of hydrogen-bond donors (Lipinski definition) is 3. The van der Waals surface area contributed by atoms with Crippen molar-refractivity contribution in [2.75, 3.05) is 19.8 Å². The highest BCUT2D eigenvalue weighted by Crippen LogP contribution is 2.28. The molecule has 0 radical (unpaired) electrons. The van der Waals surface area contributed by atoms with Crippen LogP contribution in [0.3, 0.4) is 0 Å². The Kier molecular flexibility index (Phi) is 11.7. The molecule has 10 heteroatoms. The van der Waals surface area contributed by atoms with E-state index in [0.29, 0.717) is 32.6 Å². The summed E-state index contributed by atoms with van der Waals surface area (Å²) in [6, 6.07) is 6.31. The van der Waals surface area contributed by atoms with Gasteiger partial charge < -0.3 is 25.4 Å². The molecule has 2 aromatic rings. The molecule has 1 aliphatic rings. The number of unbranched alkanes of at least 4 members (excludes halogenated alkanes) is 1. The largest absolute Gasteiger partial charge is 0.391 e. The van der Waals surface area contributed by atoms with E-state index in [1.165, 1.54) is 4.90 Å². The summed E-state index contributed by atoms with van der Waals surface area (Å²) in [6.45, 7) is 11.4. The fraction of sp³-hybridized carbons (Fsp3) is 0.600. The monoisotopic (exact) mass is 572 g/mol. The second-order valence-electron chi connectivity index (χ2n) is 11.5. The average Bonchev–Trinajstić information content (AvgIpc) is 3.52. The van der Waals surface area contributed by atoms with Crippen molar-refractivity contribution in [1.29, 1.82) is 0 Å². The van der Waals surface area contributed by atoms with E-state index >= 15 is 0 Å². The molecule has 1 aromatic carbocycles. The number of nitrogens with one attached hydrogen (secondary N) is 2. The summed E-state index contributed by atoms with van der Waals surface area (Å²) in [5, 5.41) is 16.2. The molecular weight excluding hydrogens is 528 g/mol. The number of aliphatic hydroxyl groups is 1. The van der Waals surface area contributed by atoms with Gasteiger partial charge in [-0.2, -0.15) is 0 Å². The van der Waals surface area contributed by atoms with Crippen LogP contribution >= 0.6 is 11.3 Å². The summed E-state index contributed by atoms with van der Waals surface area (Å²) in [7, 11) is 0. The van der Waals surface area contributed by atoms with Gasteiger partial charge in [-0.25, -0.2) is 4.98 Å². The molecule has 1 fully saturated rings. The highest BCUT2D eigenvalue weighted by atomic mass is 32.1. The lowest BCUT2D eigenvalue weighted by molar-refractivity contribution is -0.144. The van der Waals surface area contributed by atoms with E-state index in [9.17, 15) is 19.5 Å². The number of ether oxygens (including phenoxy) is 1. The predicted octanol–water partition coefficient (Wildman–Crippen LogP) is 3.82. The van der Waals surface area contributed by atoms with Crippen LogP contribution in [-0.2, 0) is 25.7 Å². The number of rotatable bonds is 13. The highest BCUT2D eigenvalue weighted by Gasteiger charge is 2.44. The first kappa shape index (κ1) is 31.7. The van der Waals surface area contributed by atoms with Gasteiger partial charge in [-0.1, -0.05) is 52.0 Å². The van der Waals surface area contributed by atoms with E-state index in [1.807, 2.05) is 57.5 Å². The van der Waals surface area contributed by atoms with Crippen molar-refractivity contribution in [1.82, 2.24) is 20.5 Å². The third-order valence-electron chi connectivity index (χ3n) is 7.00. The molecule has 3 N–H and O–H groups in total. The van der Waals surface area contributed by atoms with Crippen LogP contribution in [0.5, 0.6) is 0 Å². The van der Waals surface area contributed by atoms with Gasteiger partial charge in [0.2, 0.25) is 17.7 Å². The van der Waals surface area contributed by atoms with Gasteiger partial charge in [-0.3, -0.25) is 14.4 Å². The van der Waals surface area contributed by atoms with Crippen molar-refractivity contribution < 1.29 is 24.2 Å². The highest BCUT2D eigenvalue weighted by molar-refractivity contribution is 7.13. The van der Waals surface area contributed by atoms with Crippen molar-refractivity contribution >= 4 is 29.1 Å². The Balaban J connectivity index is 1.59. The maximum absolute atomic E-state index is 13.7. The minimum absolute atomic E-state index is 0.0526. The number of nitrogens with zero attached hydrogens (tertiary/aromatic N) is 2. The number of likely N-dealkylation sites (tertiary alicyclic amines) is 1. The minimum Gasteiger partial charge on any atom is -0.391 e. The van der Waals surface area contributed by atoms with Crippen molar-refractivity contribution in [3.05, 3.63) is 41.0 Å². The summed E-state index contributed by atoms with van der Waals surface area (Å²) in [6.07, 6.45) is 2.05. The number of β-amino-alcohol motifs (C(OH)–C–C–N with tert-alkyl or cyclic N) is 1. The molecule has 0 saturated carbocycles. The smallest absolute Gasteiger partial charge is 0.246 e. The van der Waals surface area contributed by atoms with Gasteiger partial charge in [0.25, 0.3) is 0 Å². The Labute approximate surface area is 241 Å². The molecule has 0 bridgehead atoms. The van der Waals surface area contributed by atoms with Gasteiger partial charge in [0, 0.05) is 39.1 Å². The molecule has 0 spiro atoms.